The van der Waals surface area contributed by atoms with Crippen molar-refractivity contribution in [2.75, 3.05) is 26.7 Å². The maximum Gasteiger partial charge on any atom is 0.243 e. The molecule has 3 rings (SSSR count). The fourth-order valence-corrected chi connectivity index (χ4v) is 4.95. The molecule has 0 aromatic heterocycles. The molecule has 26 heavy (non-hydrogen) atoms. The van der Waals surface area contributed by atoms with E-state index in [1.807, 2.05) is 24.3 Å². The molecule has 1 fully saturated rings. The molecule has 0 spiro atoms. The third kappa shape index (κ3) is 4.57. The Hall–Kier alpha value is -1.15. The molecule has 0 aliphatic carbocycles. The summed E-state index contributed by atoms with van der Waals surface area (Å²) in [6, 6.07) is 14.0. The third-order valence-corrected chi connectivity index (χ3v) is 6.38. The predicted molar refractivity (Wildman–Crippen MR) is 105 cm³/mol. The van der Waals surface area contributed by atoms with Gasteiger partial charge in [0.25, 0.3) is 0 Å². The van der Waals surface area contributed by atoms with E-state index in [-0.39, 0.29) is 23.3 Å². The number of hydrogen-bond donors (Lipinski definition) is 1. The first-order valence-electron chi connectivity index (χ1n) is 8.08. The van der Waals surface area contributed by atoms with Gasteiger partial charge < -0.3 is 10.1 Å². The molecule has 2 aromatic rings. The molecule has 1 aliphatic heterocycles. The minimum atomic E-state index is -3.62. The minimum absolute atomic E-state index is 0. The van der Waals surface area contributed by atoms with Crippen molar-refractivity contribution in [2.24, 2.45) is 0 Å². The number of benzene rings is 2. The summed E-state index contributed by atoms with van der Waals surface area (Å²) in [6.07, 6.45) is 0. The zero-order valence-electron chi connectivity index (χ0n) is 14.4. The van der Waals surface area contributed by atoms with Crippen LogP contribution in [0.3, 0.4) is 0 Å². The van der Waals surface area contributed by atoms with Gasteiger partial charge in [0.15, 0.2) is 0 Å². The van der Waals surface area contributed by atoms with E-state index in [1.165, 1.54) is 0 Å². The Morgan fingerprint density at radius 2 is 2.00 bits per heavy atom. The highest BCUT2D eigenvalue weighted by Gasteiger charge is 2.34. The zero-order valence-corrected chi connectivity index (χ0v) is 16.8. The summed E-state index contributed by atoms with van der Waals surface area (Å²) >= 11 is 6.10. The van der Waals surface area contributed by atoms with E-state index in [4.69, 9.17) is 16.3 Å². The molecule has 1 saturated heterocycles. The zero-order chi connectivity index (χ0) is 17.9. The van der Waals surface area contributed by atoms with Crippen LogP contribution in [-0.4, -0.2) is 39.5 Å². The highest BCUT2D eigenvalue weighted by atomic mass is 35.5. The Morgan fingerprint density at radius 1 is 1.23 bits per heavy atom. The van der Waals surface area contributed by atoms with E-state index < -0.39 is 10.0 Å². The lowest BCUT2D eigenvalue weighted by Crippen LogP contribution is -2.48. The summed E-state index contributed by atoms with van der Waals surface area (Å²) < 4.78 is 33.1. The van der Waals surface area contributed by atoms with Crippen LogP contribution in [0.1, 0.15) is 17.2 Å². The Labute approximate surface area is 165 Å². The first-order valence-corrected chi connectivity index (χ1v) is 9.90. The number of nitrogens with one attached hydrogen (secondary N) is 1. The largest absolute Gasteiger partial charge is 0.380 e. The van der Waals surface area contributed by atoms with Crippen molar-refractivity contribution >= 4 is 34.0 Å². The van der Waals surface area contributed by atoms with Crippen LogP contribution in [0.25, 0.3) is 0 Å². The summed E-state index contributed by atoms with van der Waals surface area (Å²) in [5.41, 5.74) is 1.72. The van der Waals surface area contributed by atoms with Crippen molar-refractivity contribution < 1.29 is 13.2 Å². The lowest BCUT2D eigenvalue weighted by Gasteiger charge is -2.35. The molecule has 0 saturated carbocycles. The van der Waals surface area contributed by atoms with Gasteiger partial charge in [0, 0.05) is 31.8 Å². The molecule has 1 aliphatic rings. The molecule has 1 atom stereocenters. The smallest absolute Gasteiger partial charge is 0.243 e. The number of hydrogen-bond acceptors (Lipinski definition) is 4. The van der Waals surface area contributed by atoms with Crippen LogP contribution in [0, 0.1) is 0 Å². The van der Waals surface area contributed by atoms with Crippen LogP contribution in [0.4, 0.5) is 0 Å². The quantitative estimate of drug-likeness (QED) is 0.812. The number of sulfonamides is 1. The first kappa shape index (κ1) is 21.2. The molecule has 5 nitrogen and oxygen atoms in total. The second-order valence-corrected chi connectivity index (χ2v) is 8.30. The van der Waals surface area contributed by atoms with Gasteiger partial charge in [-0.15, -0.1) is 12.4 Å². The molecule has 1 unspecified atom stereocenters. The fourth-order valence-electron chi connectivity index (χ4n) is 3.07. The lowest BCUT2D eigenvalue weighted by molar-refractivity contribution is 0.184. The molecular weight excluding hydrogens is 395 g/mol. The maximum absolute atomic E-state index is 13.2. The molecule has 1 N–H and O–H groups in total. The monoisotopic (exact) mass is 416 g/mol. The van der Waals surface area contributed by atoms with Crippen LogP contribution in [0.15, 0.2) is 53.4 Å². The Balaban J connectivity index is 0.00000243. The number of ether oxygens (including phenoxy) is 1. The molecule has 142 valence electrons. The van der Waals surface area contributed by atoms with Crippen LogP contribution < -0.4 is 5.32 Å². The number of rotatable bonds is 5. The Morgan fingerprint density at radius 3 is 2.73 bits per heavy atom. The van der Waals surface area contributed by atoms with E-state index in [0.717, 1.165) is 11.1 Å². The Bertz CT molecular complexity index is 846. The summed E-state index contributed by atoms with van der Waals surface area (Å²) in [5.74, 6) is 0. The minimum Gasteiger partial charge on any atom is -0.380 e. The molecule has 2 aromatic carbocycles. The third-order valence-electron chi connectivity index (χ3n) is 4.24. The summed E-state index contributed by atoms with van der Waals surface area (Å²) in [6.45, 7) is 1.96. The normalized spacial score (nSPS) is 18.3. The van der Waals surface area contributed by atoms with Crippen LogP contribution in [0.5, 0.6) is 0 Å². The fraction of sp³-hybridized carbons (Fsp3) is 0.333. The highest BCUT2D eigenvalue weighted by Crippen LogP contribution is 2.30. The van der Waals surface area contributed by atoms with Gasteiger partial charge in [0.2, 0.25) is 10.0 Å². The van der Waals surface area contributed by atoms with Gasteiger partial charge in [0.05, 0.1) is 17.5 Å². The van der Waals surface area contributed by atoms with Crippen molar-refractivity contribution in [2.45, 2.75) is 17.5 Å². The summed E-state index contributed by atoms with van der Waals surface area (Å²) in [4.78, 5) is 0.288. The van der Waals surface area contributed by atoms with Crippen molar-refractivity contribution in [3.63, 3.8) is 0 Å². The van der Waals surface area contributed by atoms with E-state index in [9.17, 15) is 8.42 Å². The molecule has 8 heteroatoms. The van der Waals surface area contributed by atoms with Crippen molar-refractivity contribution in [1.29, 1.82) is 0 Å². The van der Waals surface area contributed by atoms with Crippen molar-refractivity contribution in [3.05, 3.63) is 64.7 Å². The van der Waals surface area contributed by atoms with Crippen LogP contribution in [0.2, 0.25) is 5.02 Å². The average Bonchev–Trinajstić information content (AvgIpc) is 2.62. The predicted octanol–water partition coefficient (Wildman–Crippen LogP) is 3.24. The van der Waals surface area contributed by atoms with Gasteiger partial charge in [-0.3, -0.25) is 0 Å². The van der Waals surface area contributed by atoms with E-state index in [2.05, 4.69) is 5.32 Å². The van der Waals surface area contributed by atoms with Gasteiger partial charge >= 0.3 is 0 Å². The number of halogens is 2. The highest BCUT2D eigenvalue weighted by molar-refractivity contribution is 7.89. The van der Waals surface area contributed by atoms with Crippen LogP contribution in [-0.2, 0) is 21.4 Å². The second kappa shape index (κ2) is 9.17. The Kier molecular flexibility index (Phi) is 7.46. The second-order valence-electron chi connectivity index (χ2n) is 5.97. The first-order chi connectivity index (χ1) is 12.0. The van der Waals surface area contributed by atoms with Crippen LogP contribution >= 0.6 is 24.0 Å². The molecule has 0 radical (unpaired) electrons. The van der Waals surface area contributed by atoms with Gasteiger partial charge in [-0.1, -0.05) is 35.9 Å². The van der Waals surface area contributed by atoms with Crippen molar-refractivity contribution in [1.82, 2.24) is 9.62 Å². The van der Waals surface area contributed by atoms with Gasteiger partial charge in [-0.05, 0) is 35.4 Å². The standard InChI is InChI=1S/C18H21ClN2O3S.ClH/c1-24-13-14-4-2-7-17(10-14)25(22,23)21-9-8-20-12-18(21)15-5-3-6-16(19)11-15;/h2-7,10-11,18,20H,8-9,12-13H2,1H3;1H. The van der Waals surface area contributed by atoms with E-state index >= 15 is 0 Å². The summed E-state index contributed by atoms with van der Waals surface area (Å²) in [7, 11) is -2.03. The number of nitrogens with zero attached hydrogens (tertiary/aromatic N) is 1. The van der Waals surface area contributed by atoms with Gasteiger partial charge in [-0.25, -0.2) is 8.42 Å². The topological polar surface area (TPSA) is 58.6 Å². The van der Waals surface area contributed by atoms with Gasteiger partial charge in [0.1, 0.15) is 0 Å². The number of piperazine rings is 1. The molecule has 0 amide bonds. The van der Waals surface area contributed by atoms with E-state index in [1.54, 1.807) is 35.7 Å². The van der Waals surface area contributed by atoms with Gasteiger partial charge in [-0.2, -0.15) is 4.31 Å². The molecule has 0 bridgehead atoms. The molecular formula is C18H22Cl2N2O3S. The SMILES string of the molecule is COCc1cccc(S(=O)(=O)N2CCNCC2c2cccc(Cl)c2)c1.Cl. The number of methoxy groups -OCH3 is 1. The lowest BCUT2D eigenvalue weighted by atomic mass is 10.1. The summed E-state index contributed by atoms with van der Waals surface area (Å²) in [5, 5.41) is 3.87. The average molecular weight is 417 g/mol. The molecule has 1 heterocycles. The maximum atomic E-state index is 13.2. The van der Waals surface area contributed by atoms with Crippen molar-refractivity contribution in [3.8, 4) is 0 Å². The van der Waals surface area contributed by atoms with E-state index in [0.29, 0.717) is 31.3 Å².